The number of carbonyl (C=O) groups excluding carboxylic acids is 1. The van der Waals surface area contributed by atoms with Gasteiger partial charge in [0.1, 0.15) is 5.69 Å². The van der Waals surface area contributed by atoms with Crippen molar-refractivity contribution in [1.29, 1.82) is 0 Å². The van der Waals surface area contributed by atoms with Crippen LogP contribution in [0.5, 0.6) is 0 Å². The van der Waals surface area contributed by atoms with E-state index in [0.29, 0.717) is 24.1 Å². The van der Waals surface area contributed by atoms with Gasteiger partial charge in [-0.25, -0.2) is 9.97 Å². The van der Waals surface area contributed by atoms with Crippen molar-refractivity contribution >= 4 is 11.9 Å². The summed E-state index contributed by atoms with van der Waals surface area (Å²) >= 11 is 0. The molecule has 0 saturated carbocycles. The first-order valence-electron chi connectivity index (χ1n) is 10.2. The van der Waals surface area contributed by atoms with Crippen molar-refractivity contribution in [1.82, 2.24) is 15.3 Å². The maximum atomic E-state index is 12.3. The van der Waals surface area contributed by atoms with E-state index in [0.717, 1.165) is 51.6 Å². The Labute approximate surface area is 162 Å². The van der Waals surface area contributed by atoms with E-state index in [1.807, 2.05) is 0 Å². The summed E-state index contributed by atoms with van der Waals surface area (Å²) in [5, 5.41) is 2.95. The topological polar surface area (TPSA) is 58.1 Å². The van der Waals surface area contributed by atoms with Gasteiger partial charge in [0.05, 0.1) is 0 Å². The van der Waals surface area contributed by atoms with Crippen LogP contribution in [0.4, 0.5) is 5.95 Å². The summed E-state index contributed by atoms with van der Waals surface area (Å²) in [6, 6.07) is 12.4. The van der Waals surface area contributed by atoms with E-state index in [2.05, 4.69) is 57.4 Å². The summed E-state index contributed by atoms with van der Waals surface area (Å²) in [6.45, 7) is 4.75. The van der Waals surface area contributed by atoms with Gasteiger partial charge in [-0.05, 0) is 43.2 Å². The lowest BCUT2D eigenvalue weighted by Crippen LogP contribution is -2.36. The van der Waals surface area contributed by atoms with Gasteiger partial charge in [0.25, 0.3) is 5.91 Å². The summed E-state index contributed by atoms with van der Waals surface area (Å²) in [6.07, 6.45) is 8.38. The largest absolute Gasteiger partial charge is 0.351 e. The zero-order chi connectivity index (χ0) is 18.9. The SMILES string of the molecule is CCCCCNC(=O)c1ccnc(N2CCC(Cc3ccccc3)CC2)n1. The van der Waals surface area contributed by atoms with Crippen molar-refractivity contribution in [2.24, 2.45) is 5.92 Å². The molecule has 2 aromatic rings. The van der Waals surface area contributed by atoms with Crippen LogP contribution in [-0.2, 0) is 6.42 Å². The summed E-state index contributed by atoms with van der Waals surface area (Å²) < 4.78 is 0. The molecule has 1 aromatic carbocycles. The number of nitrogens with zero attached hydrogens (tertiary/aromatic N) is 3. The smallest absolute Gasteiger partial charge is 0.270 e. The molecule has 1 aromatic heterocycles. The molecule has 27 heavy (non-hydrogen) atoms. The van der Waals surface area contributed by atoms with E-state index in [-0.39, 0.29) is 5.91 Å². The first-order chi connectivity index (χ1) is 13.3. The van der Waals surface area contributed by atoms with Crippen molar-refractivity contribution in [3.8, 4) is 0 Å². The summed E-state index contributed by atoms with van der Waals surface area (Å²) in [7, 11) is 0. The molecule has 0 spiro atoms. The van der Waals surface area contributed by atoms with Crippen LogP contribution >= 0.6 is 0 Å². The van der Waals surface area contributed by atoms with Crippen LogP contribution in [0.15, 0.2) is 42.6 Å². The molecule has 5 nitrogen and oxygen atoms in total. The number of amides is 1. The van der Waals surface area contributed by atoms with Crippen LogP contribution in [0, 0.1) is 5.92 Å². The average Bonchev–Trinajstić information content (AvgIpc) is 2.72. The predicted octanol–water partition coefficient (Wildman–Crippen LogP) is 3.86. The molecule has 0 atom stereocenters. The minimum Gasteiger partial charge on any atom is -0.351 e. The molecule has 0 unspecified atom stereocenters. The van der Waals surface area contributed by atoms with E-state index in [1.165, 1.54) is 5.56 Å². The molecule has 5 heteroatoms. The fourth-order valence-corrected chi connectivity index (χ4v) is 3.58. The number of rotatable bonds is 8. The third kappa shape index (κ3) is 5.78. The molecule has 144 valence electrons. The highest BCUT2D eigenvalue weighted by atomic mass is 16.1. The van der Waals surface area contributed by atoms with Crippen LogP contribution in [0.25, 0.3) is 0 Å². The molecule has 0 radical (unpaired) electrons. The highest BCUT2D eigenvalue weighted by Gasteiger charge is 2.22. The van der Waals surface area contributed by atoms with Crippen molar-refractivity contribution in [3.05, 3.63) is 53.9 Å². The van der Waals surface area contributed by atoms with E-state index < -0.39 is 0 Å². The van der Waals surface area contributed by atoms with Gasteiger partial charge in [0, 0.05) is 25.8 Å². The number of unbranched alkanes of at least 4 members (excludes halogenated alkanes) is 2. The van der Waals surface area contributed by atoms with Gasteiger partial charge in [-0.3, -0.25) is 4.79 Å². The number of hydrogen-bond acceptors (Lipinski definition) is 4. The molecule has 1 aliphatic rings. The van der Waals surface area contributed by atoms with E-state index in [1.54, 1.807) is 12.3 Å². The maximum absolute atomic E-state index is 12.3. The number of carbonyl (C=O) groups is 1. The van der Waals surface area contributed by atoms with Crippen LogP contribution in [0.3, 0.4) is 0 Å². The highest BCUT2D eigenvalue weighted by Crippen LogP contribution is 2.23. The number of anilines is 1. The molecule has 3 rings (SSSR count). The van der Waals surface area contributed by atoms with Crippen molar-refractivity contribution in [3.63, 3.8) is 0 Å². The lowest BCUT2D eigenvalue weighted by atomic mass is 9.90. The van der Waals surface area contributed by atoms with E-state index in [4.69, 9.17) is 0 Å². The minimum atomic E-state index is -0.103. The Hall–Kier alpha value is -2.43. The fraction of sp³-hybridized carbons (Fsp3) is 0.500. The quantitative estimate of drug-likeness (QED) is 0.721. The van der Waals surface area contributed by atoms with Gasteiger partial charge >= 0.3 is 0 Å². The zero-order valence-electron chi connectivity index (χ0n) is 16.2. The Morgan fingerprint density at radius 3 is 2.67 bits per heavy atom. The van der Waals surface area contributed by atoms with Gasteiger partial charge in [-0.1, -0.05) is 50.1 Å². The molecule has 0 bridgehead atoms. The van der Waals surface area contributed by atoms with Crippen LogP contribution in [0.2, 0.25) is 0 Å². The number of nitrogens with one attached hydrogen (secondary N) is 1. The second-order valence-corrected chi connectivity index (χ2v) is 7.33. The molecule has 1 fully saturated rings. The molecule has 1 saturated heterocycles. The lowest BCUT2D eigenvalue weighted by Gasteiger charge is -2.32. The number of piperidine rings is 1. The summed E-state index contributed by atoms with van der Waals surface area (Å²) in [4.78, 5) is 23.4. The Morgan fingerprint density at radius 2 is 1.93 bits per heavy atom. The normalized spacial score (nSPS) is 14.9. The van der Waals surface area contributed by atoms with Crippen molar-refractivity contribution in [2.45, 2.75) is 45.4 Å². The molecular weight excluding hydrogens is 336 g/mol. The molecule has 1 N–H and O–H groups in total. The van der Waals surface area contributed by atoms with E-state index in [9.17, 15) is 4.79 Å². The average molecular weight is 367 g/mol. The predicted molar refractivity (Wildman–Crippen MR) is 109 cm³/mol. The van der Waals surface area contributed by atoms with Gasteiger partial charge < -0.3 is 10.2 Å². The van der Waals surface area contributed by atoms with E-state index >= 15 is 0 Å². The van der Waals surface area contributed by atoms with Gasteiger partial charge in [0.2, 0.25) is 5.95 Å². The molecule has 1 amide bonds. The minimum absolute atomic E-state index is 0.103. The molecule has 0 aliphatic carbocycles. The number of aromatic nitrogens is 2. The van der Waals surface area contributed by atoms with Gasteiger partial charge in [-0.15, -0.1) is 0 Å². The lowest BCUT2D eigenvalue weighted by molar-refractivity contribution is 0.0948. The first-order valence-corrected chi connectivity index (χ1v) is 10.2. The number of benzene rings is 1. The Kier molecular flexibility index (Phi) is 7.19. The van der Waals surface area contributed by atoms with Crippen LogP contribution < -0.4 is 10.2 Å². The molecule has 1 aliphatic heterocycles. The Morgan fingerprint density at radius 1 is 1.15 bits per heavy atom. The van der Waals surface area contributed by atoms with Gasteiger partial charge in [0.15, 0.2) is 0 Å². The zero-order valence-corrected chi connectivity index (χ0v) is 16.2. The summed E-state index contributed by atoms with van der Waals surface area (Å²) in [5.41, 5.74) is 1.87. The van der Waals surface area contributed by atoms with Crippen LogP contribution in [-0.4, -0.2) is 35.5 Å². The molecular formula is C22H30N4O. The standard InChI is InChI=1S/C22H30N4O/c1-2-3-7-13-23-21(27)20-10-14-24-22(25-20)26-15-11-19(12-16-26)17-18-8-5-4-6-9-18/h4-6,8-10,14,19H,2-3,7,11-13,15-17H2,1H3,(H,23,27). The maximum Gasteiger partial charge on any atom is 0.270 e. The van der Waals surface area contributed by atoms with Gasteiger partial charge in [-0.2, -0.15) is 0 Å². The Bertz CT molecular complexity index is 711. The Balaban J connectivity index is 1.51. The molecule has 2 heterocycles. The first kappa shape index (κ1) is 19.3. The fourth-order valence-electron chi connectivity index (χ4n) is 3.58. The third-order valence-corrected chi connectivity index (χ3v) is 5.21. The van der Waals surface area contributed by atoms with Crippen molar-refractivity contribution < 1.29 is 4.79 Å². The second kappa shape index (κ2) is 10.0. The number of hydrogen-bond donors (Lipinski definition) is 1. The van der Waals surface area contributed by atoms with Crippen molar-refractivity contribution in [2.75, 3.05) is 24.5 Å². The van der Waals surface area contributed by atoms with Crippen LogP contribution in [0.1, 0.15) is 55.1 Å². The summed E-state index contributed by atoms with van der Waals surface area (Å²) in [5.74, 6) is 1.27. The highest BCUT2D eigenvalue weighted by molar-refractivity contribution is 5.92. The monoisotopic (exact) mass is 366 g/mol. The second-order valence-electron chi connectivity index (χ2n) is 7.33. The third-order valence-electron chi connectivity index (χ3n) is 5.21.